The van der Waals surface area contributed by atoms with Crippen molar-refractivity contribution in [3.63, 3.8) is 0 Å². The Morgan fingerprint density at radius 3 is 2.53 bits per heavy atom. The second-order valence-electron chi connectivity index (χ2n) is 3.98. The van der Waals surface area contributed by atoms with Crippen LogP contribution in [-0.2, 0) is 4.79 Å². The van der Waals surface area contributed by atoms with Crippen LogP contribution >= 0.6 is 0 Å². The molecule has 7 heteroatoms. The molecule has 0 aliphatic carbocycles. The summed E-state index contributed by atoms with van der Waals surface area (Å²) in [6.45, 7) is -0.531. The minimum atomic E-state index is -1.11. The predicted octanol–water partition coefficient (Wildman–Crippen LogP) is 0.778. The fraction of sp³-hybridized carbons (Fsp3) is 0.333. The molecule has 3 N–H and O–H groups in total. The van der Waals surface area contributed by atoms with Crippen LogP contribution in [0.1, 0.15) is 16.8 Å². The van der Waals surface area contributed by atoms with Gasteiger partial charge in [-0.15, -0.1) is 0 Å². The average molecular weight is 273 g/mol. The number of aliphatic carboxylic acids is 1. The first kappa shape index (κ1) is 15.0. The summed E-state index contributed by atoms with van der Waals surface area (Å²) in [4.78, 5) is 22.0. The summed E-state index contributed by atoms with van der Waals surface area (Å²) in [6, 6.07) is 2.51. The molecule has 0 saturated heterocycles. The third-order valence-corrected chi connectivity index (χ3v) is 2.45. The third kappa shape index (κ3) is 4.63. The first-order valence-corrected chi connectivity index (χ1v) is 5.50. The van der Waals surface area contributed by atoms with E-state index in [4.69, 9.17) is 10.2 Å². The first-order chi connectivity index (χ1) is 8.93. The van der Waals surface area contributed by atoms with Crippen molar-refractivity contribution in [2.75, 3.05) is 13.2 Å². The van der Waals surface area contributed by atoms with Gasteiger partial charge >= 0.3 is 5.97 Å². The molecule has 0 radical (unpaired) electrons. The third-order valence-electron chi connectivity index (χ3n) is 2.45. The normalized spacial score (nSPS) is 11.9. The summed E-state index contributed by atoms with van der Waals surface area (Å²) in [7, 11) is 0. The summed E-state index contributed by atoms with van der Waals surface area (Å²) >= 11 is 0. The molecule has 1 aromatic rings. The number of benzene rings is 1. The lowest BCUT2D eigenvalue weighted by atomic mass is 10.1. The molecule has 0 aromatic heterocycles. The Balaban J connectivity index is 2.61. The molecule has 0 aliphatic heterocycles. The lowest BCUT2D eigenvalue weighted by Gasteiger charge is -2.13. The number of hydrogen-bond acceptors (Lipinski definition) is 3. The summed E-state index contributed by atoms with van der Waals surface area (Å²) in [5.41, 5.74) is -0.339. The molecule has 1 aromatic carbocycles. The summed E-state index contributed by atoms with van der Waals surface area (Å²) in [5, 5.41) is 19.7. The van der Waals surface area contributed by atoms with Crippen molar-refractivity contribution < 1.29 is 28.6 Å². The highest BCUT2D eigenvalue weighted by Gasteiger charge is 2.16. The molecule has 1 rings (SSSR count). The minimum absolute atomic E-state index is 0.113. The molecule has 5 nitrogen and oxygen atoms in total. The van der Waals surface area contributed by atoms with Gasteiger partial charge in [-0.05, 0) is 12.1 Å². The highest BCUT2D eigenvalue weighted by atomic mass is 19.1. The predicted molar refractivity (Wildman–Crippen MR) is 61.5 cm³/mol. The first-order valence-electron chi connectivity index (χ1n) is 5.50. The van der Waals surface area contributed by atoms with Crippen molar-refractivity contribution in [2.24, 2.45) is 5.92 Å². The molecule has 0 fully saturated rings. The Kier molecular flexibility index (Phi) is 5.37. The zero-order valence-electron chi connectivity index (χ0n) is 9.90. The van der Waals surface area contributed by atoms with Gasteiger partial charge in [0.25, 0.3) is 5.91 Å². The molecule has 104 valence electrons. The van der Waals surface area contributed by atoms with E-state index in [1.807, 2.05) is 0 Å². The van der Waals surface area contributed by atoms with Gasteiger partial charge in [0.1, 0.15) is 11.6 Å². The van der Waals surface area contributed by atoms with Gasteiger partial charge in [-0.1, -0.05) is 0 Å². The maximum Gasteiger partial charge on any atom is 0.303 e. The Labute approximate surface area is 107 Å². The largest absolute Gasteiger partial charge is 0.481 e. The lowest BCUT2D eigenvalue weighted by molar-refractivity contribution is -0.138. The average Bonchev–Trinajstić information content (AvgIpc) is 2.33. The van der Waals surface area contributed by atoms with E-state index in [9.17, 15) is 18.4 Å². The van der Waals surface area contributed by atoms with E-state index in [0.29, 0.717) is 6.07 Å². The molecule has 0 spiro atoms. The summed E-state index contributed by atoms with van der Waals surface area (Å²) in [6.07, 6.45) is -0.317. The monoisotopic (exact) mass is 273 g/mol. The van der Waals surface area contributed by atoms with Gasteiger partial charge in [-0.3, -0.25) is 9.59 Å². The van der Waals surface area contributed by atoms with Gasteiger partial charge in [0.15, 0.2) is 0 Å². The van der Waals surface area contributed by atoms with E-state index in [2.05, 4.69) is 5.32 Å². The van der Waals surface area contributed by atoms with Gasteiger partial charge in [0, 0.05) is 25.1 Å². The smallest absolute Gasteiger partial charge is 0.303 e. The standard InChI is InChI=1S/C12H13F2NO4/c13-8-1-2-9(10(14)4-8)12(19)15-5-7(6-16)3-11(17)18/h1-2,4,7,16H,3,5-6H2,(H,15,19)(H,17,18). The van der Waals surface area contributed by atoms with Gasteiger partial charge in [-0.25, -0.2) is 8.78 Å². The molecule has 0 aliphatic rings. The SMILES string of the molecule is O=C(O)CC(CO)CNC(=O)c1ccc(F)cc1F. The highest BCUT2D eigenvalue weighted by Crippen LogP contribution is 2.09. The molecule has 0 bridgehead atoms. The number of carbonyl (C=O) groups is 2. The number of hydrogen-bond donors (Lipinski definition) is 3. The molecule has 0 saturated carbocycles. The van der Waals surface area contributed by atoms with Crippen LogP contribution in [0.15, 0.2) is 18.2 Å². The molecule has 0 heterocycles. The Hall–Kier alpha value is -2.02. The van der Waals surface area contributed by atoms with E-state index in [1.165, 1.54) is 0 Å². The van der Waals surface area contributed by atoms with Crippen LogP contribution < -0.4 is 5.32 Å². The van der Waals surface area contributed by atoms with Gasteiger partial charge < -0.3 is 15.5 Å². The maximum atomic E-state index is 13.3. The van der Waals surface area contributed by atoms with E-state index < -0.39 is 36.0 Å². The van der Waals surface area contributed by atoms with E-state index in [-0.39, 0.29) is 18.5 Å². The number of rotatable bonds is 6. The van der Waals surface area contributed by atoms with Crippen LogP contribution in [0.5, 0.6) is 0 Å². The quantitative estimate of drug-likeness (QED) is 0.714. The molecule has 1 amide bonds. The fourth-order valence-corrected chi connectivity index (χ4v) is 1.45. The van der Waals surface area contributed by atoms with Crippen LogP contribution in [0.4, 0.5) is 8.78 Å². The number of amides is 1. The molecule has 1 unspecified atom stereocenters. The van der Waals surface area contributed by atoms with Gasteiger partial charge in [0.2, 0.25) is 0 Å². The number of aliphatic hydroxyl groups is 1. The minimum Gasteiger partial charge on any atom is -0.481 e. The second-order valence-corrected chi connectivity index (χ2v) is 3.98. The number of carbonyl (C=O) groups excluding carboxylic acids is 1. The van der Waals surface area contributed by atoms with Crippen LogP contribution in [0.3, 0.4) is 0 Å². The highest BCUT2D eigenvalue weighted by molar-refractivity contribution is 5.94. The molecular weight excluding hydrogens is 260 g/mol. The summed E-state index contributed by atoms with van der Waals surface area (Å²) < 4.78 is 25.9. The van der Waals surface area contributed by atoms with E-state index >= 15 is 0 Å². The van der Waals surface area contributed by atoms with Crippen molar-refractivity contribution in [1.29, 1.82) is 0 Å². The van der Waals surface area contributed by atoms with Crippen molar-refractivity contribution >= 4 is 11.9 Å². The molecule has 19 heavy (non-hydrogen) atoms. The second kappa shape index (κ2) is 6.79. The van der Waals surface area contributed by atoms with Crippen molar-refractivity contribution in [2.45, 2.75) is 6.42 Å². The number of halogens is 2. The van der Waals surface area contributed by atoms with Crippen molar-refractivity contribution in [1.82, 2.24) is 5.32 Å². The topological polar surface area (TPSA) is 86.6 Å². The summed E-state index contributed by atoms with van der Waals surface area (Å²) in [5.74, 6) is -4.36. The number of carboxylic acid groups (broad SMARTS) is 1. The molecular formula is C12H13F2NO4. The molecule has 1 atom stereocenters. The lowest BCUT2D eigenvalue weighted by Crippen LogP contribution is -2.32. The number of nitrogens with one attached hydrogen (secondary N) is 1. The zero-order chi connectivity index (χ0) is 14.4. The van der Waals surface area contributed by atoms with Gasteiger partial charge in [0.05, 0.1) is 12.0 Å². The van der Waals surface area contributed by atoms with Crippen LogP contribution in [0, 0.1) is 17.6 Å². The maximum absolute atomic E-state index is 13.3. The van der Waals surface area contributed by atoms with Crippen LogP contribution in [-0.4, -0.2) is 35.2 Å². The Morgan fingerprint density at radius 2 is 2.00 bits per heavy atom. The Morgan fingerprint density at radius 1 is 1.32 bits per heavy atom. The van der Waals surface area contributed by atoms with Crippen molar-refractivity contribution in [3.05, 3.63) is 35.4 Å². The van der Waals surface area contributed by atoms with E-state index in [0.717, 1.165) is 12.1 Å². The zero-order valence-corrected chi connectivity index (χ0v) is 9.90. The fourth-order valence-electron chi connectivity index (χ4n) is 1.45. The van der Waals surface area contributed by atoms with Crippen molar-refractivity contribution in [3.8, 4) is 0 Å². The van der Waals surface area contributed by atoms with Crippen LogP contribution in [0.2, 0.25) is 0 Å². The van der Waals surface area contributed by atoms with E-state index in [1.54, 1.807) is 0 Å². The Bertz CT molecular complexity index is 479. The number of aliphatic hydroxyl groups excluding tert-OH is 1. The van der Waals surface area contributed by atoms with Crippen LogP contribution in [0.25, 0.3) is 0 Å². The number of carboxylic acids is 1. The van der Waals surface area contributed by atoms with Gasteiger partial charge in [-0.2, -0.15) is 0 Å².